The molecule has 0 fully saturated rings. The monoisotopic (exact) mass is 883 g/mol. The predicted octanol–water partition coefficient (Wildman–Crippen LogP) is 14.6. The molecule has 0 saturated heterocycles. The van der Waals surface area contributed by atoms with Gasteiger partial charge in [-0.2, -0.15) is 0 Å². The first-order valence-corrected chi connectivity index (χ1v) is 27.6. The van der Waals surface area contributed by atoms with E-state index in [1.807, 2.05) is 21.1 Å². The van der Waals surface area contributed by atoms with Crippen molar-refractivity contribution in [3.8, 4) is 0 Å². The van der Waals surface area contributed by atoms with E-state index in [1.54, 1.807) is 0 Å². The number of allylic oxidation sites excluding steroid dienone is 4. The summed E-state index contributed by atoms with van der Waals surface area (Å²) >= 11 is 0. The van der Waals surface area contributed by atoms with Crippen LogP contribution in [0, 0.1) is 0 Å². The highest BCUT2D eigenvalue weighted by atomic mass is 31.2. The van der Waals surface area contributed by atoms with E-state index in [-0.39, 0.29) is 19.1 Å². The minimum absolute atomic E-state index is 0.0123. The first-order chi connectivity index (χ1) is 29.5. The van der Waals surface area contributed by atoms with Crippen LogP contribution in [0.3, 0.4) is 0 Å². The van der Waals surface area contributed by atoms with E-state index in [0.717, 1.165) is 44.9 Å². The van der Waals surface area contributed by atoms with Gasteiger partial charge in [-0.25, -0.2) is 0 Å². The number of amides is 1. The third-order valence-corrected chi connectivity index (χ3v) is 12.9. The average Bonchev–Trinajstić information content (AvgIpc) is 3.21. The molecule has 362 valence electrons. The quantitative estimate of drug-likeness (QED) is 0.0273. The van der Waals surface area contributed by atoms with Crippen LogP contribution in [0.15, 0.2) is 24.3 Å². The van der Waals surface area contributed by atoms with Gasteiger partial charge in [0.05, 0.1) is 39.9 Å². The van der Waals surface area contributed by atoms with Gasteiger partial charge in [0.25, 0.3) is 7.82 Å². The summed E-state index contributed by atoms with van der Waals surface area (Å²) in [6.45, 7) is 4.72. The third kappa shape index (κ3) is 46.8. The zero-order chi connectivity index (χ0) is 45.0. The molecule has 0 aromatic heterocycles. The van der Waals surface area contributed by atoms with Crippen LogP contribution in [-0.4, -0.2) is 68.5 Å². The molecule has 8 nitrogen and oxygen atoms in total. The maximum absolute atomic E-state index is 12.9. The summed E-state index contributed by atoms with van der Waals surface area (Å²) in [5.74, 6) is -0.167. The number of nitrogens with one attached hydrogen (secondary N) is 1. The fourth-order valence-corrected chi connectivity index (χ4v) is 8.50. The number of carbonyl (C=O) groups is 1. The van der Waals surface area contributed by atoms with E-state index < -0.39 is 20.0 Å². The molecule has 3 atom stereocenters. The average molecular weight is 883 g/mol. The number of aliphatic hydroxyl groups is 1. The Bertz CT molecular complexity index is 1050. The molecule has 61 heavy (non-hydrogen) atoms. The highest BCUT2D eigenvalue weighted by Crippen LogP contribution is 2.38. The summed E-state index contributed by atoms with van der Waals surface area (Å²) in [5, 5.41) is 14.0. The topological polar surface area (TPSA) is 108 Å². The number of aliphatic hydroxyl groups excluding tert-OH is 1. The smallest absolute Gasteiger partial charge is 0.268 e. The summed E-state index contributed by atoms with van der Waals surface area (Å²) in [5.41, 5.74) is 0. The zero-order valence-electron chi connectivity index (χ0n) is 41.1. The molecule has 0 rings (SSSR count). The Labute approximate surface area is 379 Å². The Kier molecular flexibility index (Phi) is 43.5. The second-order valence-electron chi connectivity index (χ2n) is 19.2. The van der Waals surface area contributed by atoms with Gasteiger partial charge in [-0.15, -0.1) is 0 Å². The minimum atomic E-state index is -4.57. The Morgan fingerprint density at radius 1 is 0.574 bits per heavy atom. The molecule has 2 N–H and O–H groups in total. The van der Waals surface area contributed by atoms with E-state index in [4.69, 9.17) is 9.05 Å². The van der Waals surface area contributed by atoms with E-state index in [9.17, 15) is 19.4 Å². The number of likely N-dealkylation sites (N-methyl/N-ethyl adjacent to an activating group) is 1. The van der Waals surface area contributed by atoms with Crippen LogP contribution in [0.4, 0.5) is 0 Å². The maximum atomic E-state index is 12.9. The fraction of sp³-hybridized carbons (Fsp3) is 0.904. The second kappa shape index (κ2) is 44.2. The summed E-state index contributed by atoms with van der Waals surface area (Å²) in [6.07, 6.45) is 53.3. The Morgan fingerprint density at radius 2 is 0.951 bits per heavy atom. The molecule has 0 aromatic carbocycles. The van der Waals surface area contributed by atoms with Crippen molar-refractivity contribution >= 4 is 13.7 Å². The lowest BCUT2D eigenvalue weighted by molar-refractivity contribution is -0.870. The van der Waals surface area contributed by atoms with Crippen molar-refractivity contribution in [3.63, 3.8) is 0 Å². The van der Waals surface area contributed by atoms with Crippen LogP contribution in [0.1, 0.15) is 251 Å². The molecular formula is C52H103N2O6P. The van der Waals surface area contributed by atoms with Crippen LogP contribution in [-0.2, 0) is 18.4 Å². The molecule has 0 bridgehead atoms. The number of rotatable bonds is 48. The zero-order valence-corrected chi connectivity index (χ0v) is 42.0. The summed E-state index contributed by atoms with van der Waals surface area (Å²) in [6, 6.07) is -0.801. The van der Waals surface area contributed by atoms with E-state index in [1.165, 1.54) is 180 Å². The molecule has 0 aliphatic rings. The second-order valence-corrected chi connectivity index (χ2v) is 20.6. The lowest BCUT2D eigenvalue weighted by atomic mass is 10.0. The van der Waals surface area contributed by atoms with Crippen molar-refractivity contribution in [2.75, 3.05) is 40.9 Å². The number of carbonyl (C=O) groups excluding carboxylic acids is 1. The van der Waals surface area contributed by atoms with E-state index in [2.05, 4.69) is 43.5 Å². The van der Waals surface area contributed by atoms with Gasteiger partial charge in [0, 0.05) is 6.42 Å². The lowest BCUT2D eigenvalue weighted by Crippen LogP contribution is -2.46. The SMILES string of the molecule is CCCCC/C=C\C/C=C\CCCCCCCCCCCC(=O)NC(COP(=O)([O-])OCC[N+](C)(C)C)C(O)CCCCCCCCCCCCCCCCCCCCCC. The van der Waals surface area contributed by atoms with Gasteiger partial charge in [0.1, 0.15) is 13.2 Å². The normalized spacial score (nSPS) is 14.3. The molecule has 0 heterocycles. The molecule has 9 heteroatoms. The van der Waals surface area contributed by atoms with E-state index >= 15 is 0 Å². The van der Waals surface area contributed by atoms with Gasteiger partial charge in [0.15, 0.2) is 0 Å². The molecular weight excluding hydrogens is 780 g/mol. The minimum Gasteiger partial charge on any atom is -0.756 e. The largest absolute Gasteiger partial charge is 0.756 e. The number of phosphoric acid groups is 1. The lowest BCUT2D eigenvalue weighted by Gasteiger charge is -2.30. The summed E-state index contributed by atoms with van der Waals surface area (Å²) in [4.78, 5) is 25.5. The van der Waals surface area contributed by atoms with Crippen LogP contribution in [0.2, 0.25) is 0 Å². The fourth-order valence-electron chi connectivity index (χ4n) is 7.78. The van der Waals surface area contributed by atoms with Crippen LogP contribution in [0.25, 0.3) is 0 Å². The standard InChI is InChI=1S/C52H103N2O6P/c1-6-8-10-12-14-16-18-20-22-24-26-28-29-31-33-35-37-39-41-43-45-51(55)50(49-60-61(57,58)59-48-47-54(3,4)5)53-52(56)46-44-42-40-38-36-34-32-30-27-25-23-21-19-17-15-13-11-9-7-2/h15,17,21,23,50-51,55H,6-14,16,18-20,22,24-49H2,1-5H3,(H-,53,56,57,58)/b17-15-,23-21-. The highest BCUT2D eigenvalue weighted by molar-refractivity contribution is 7.45. The van der Waals surface area contributed by atoms with Crippen molar-refractivity contribution in [1.82, 2.24) is 5.32 Å². The molecule has 0 spiro atoms. The number of hydrogen-bond donors (Lipinski definition) is 2. The number of phosphoric ester groups is 1. The van der Waals surface area contributed by atoms with Gasteiger partial charge in [-0.3, -0.25) is 9.36 Å². The number of unbranched alkanes of at least 4 members (excludes halogenated alkanes) is 31. The van der Waals surface area contributed by atoms with Gasteiger partial charge in [0.2, 0.25) is 5.91 Å². The van der Waals surface area contributed by atoms with Gasteiger partial charge >= 0.3 is 0 Å². The number of quaternary nitrogens is 1. The van der Waals surface area contributed by atoms with Crippen LogP contribution < -0.4 is 10.2 Å². The number of hydrogen-bond acceptors (Lipinski definition) is 6. The van der Waals surface area contributed by atoms with Crippen LogP contribution in [0.5, 0.6) is 0 Å². The molecule has 0 aliphatic heterocycles. The molecule has 0 radical (unpaired) electrons. The number of nitrogens with zero attached hydrogens (tertiary/aromatic N) is 1. The van der Waals surface area contributed by atoms with Crippen molar-refractivity contribution in [2.24, 2.45) is 0 Å². The van der Waals surface area contributed by atoms with E-state index in [0.29, 0.717) is 23.9 Å². The summed E-state index contributed by atoms with van der Waals surface area (Å²) in [7, 11) is 1.31. The van der Waals surface area contributed by atoms with Crippen molar-refractivity contribution in [3.05, 3.63) is 24.3 Å². The Balaban J connectivity index is 4.24. The third-order valence-electron chi connectivity index (χ3n) is 11.9. The van der Waals surface area contributed by atoms with Gasteiger partial charge < -0.3 is 28.8 Å². The van der Waals surface area contributed by atoms with Gasteiger partial charge in [-0.05, 0) is 44.9 Å². The molecule has 0 saturated carbocycles. The van der Waals surface area contributed by atoms with Gasteiger partial charge in [-0.1, -0.05) is 224 Å². The molecule has 1 amide bonds. The van der Waals surface area contributed by atoms with Crippen molar-refractivity contribution < 1.29 is 32.9 Å². The molecule has 0 aliphatic carbocycles. The summed E-state index contributed by atoms with van der Waals surface area (Å²) < 4.78 is 23.4. The first-order valence-electron chi connectivity index (χ1n) is 26.2. The molecule has 3 unspecified atom stereocenters. The first kappa shape index (κ1) is 60.0. The Morgan fingerprint density at radius 3 is 1.39 bits per heavy atom. The highest BCUT2D eigenvalue weighted by Gasteiger charge is 2.24. The van der Waals surface area contributed by atoms with Crippen molar-refractivity contribution in [1.29, 1.82) is 0 Å². The predicted molar refractivity (Wildman–Crippen MR) is 261 cm³/mol. The van der Waals surface area contributed by atoms with Crippen LogP contribution >= 0.6 is 7.82 Å². The van der Waals surface area contributed by atoms with Crippen molar-refractivity contribution in [2.45, 2.75) is 264 Å². The maximum Gasteiger partial charge on any atom is 0.268 e. The Hall–Kier alpha value is -1.02. The molecule has 0 aromatic rings.